The number of furan rings is 1. The normalized spacial score (nSPS) is 11.9. The monoisotopic (exact) mass is 459 g/mol. The van der Waals surface area contributed by atoms with E-state index in [-0.39, 0.29) is 6.61 Å². The fourth-order valence-corrected chi connectivity index (χ4v) is 4.10. The summed E-state index contributed by atoms with van der Waals surface area (Å²) < 4.78 is 7.93. The lowest BCUT2D eigenvalue weighted by Crippen LogP contribution is -1.97. The minimum absolute atomic E-state index is 0.136. The Morgan fingerprint density at radius 2 is 1.54 bits per heavy atom. The number of oxime groups is 1. The van der Waals surface area contributed by atoms with E-state index in [1.54, 1.807) is 10.8 Å². The average molecular weight is 460 g/mol. The van der Waals surface area contributed by atoms with Gasteiger partial charge in [0.2, 0.25) is 5.71 Å². The number of fused-ring (bicyclic) bond motifs is 3. The van der Waals surface area contributed by atoms with Crippen LogP contribution in [0.3, 0.4) is 0 Å². The van der Waals surface area contributed by atoms with Gasteiger partial charge in [0.15, 0.2) is 18.1 Å². The summed E-state index contributed by atoms with van der Waals surface area (Å²) in [6, 6.07) is 30.0. The van der Waals surface area contributed by atoms with Crippen LogP contribution in [0.5, 0.6) is 0 Å². The number of aromatic nitrogens is 4. The van der Waals surface area contributed by atoms with Crippen molar-refractivity contribution >= 4 is 22.5 Å². The molecule has 0 aliphatic carbocycles. The van der Waals surface area contributed by atoms with Gasteiger partial charge in [0.25, 0.3) is 0 Å². The van der Waals surface area contributed by atoms with Crippen molar-refractivity contribution in [3.63, 3.8) is 0 Å². The predicted molar refractivity (Wildman–Crippen MR) is 135 cm³/mol. The van der Waals surface area contributed by atoms with E-state index in [4.69, 9.17) is 14.2 Å². The Labute approximate surface area is 201 Å². The van der Waals surface area contributed by atoms with Gasteiger partial charge >= 0.3 is 0 Å². The minimum Gasteiger partial charge on any atom is -0.437 e. The van der Waals surface area contributed by atoms with Gasteiger partial charge in [0, 0.05) is 11.1 Å². The molecule has 0 radical (unpaired) electrons. The van der Waals surface area contributed by atoms with Gasteiger partial charge in [-0.3, -0.25) is 0 Å². The van der Waals surface area contributed by atoms with Crippen molar-refractivity contribution in [1.82, 2.24) is 19.6 Å². The summed E-state index contributed by atoms with van der Waals surface area (Å²) in [6.45, 7) is 2.04. The fraction of sp³-hybridized carbons (Fsp3) is 0.0714. The van der Waals surface area contributed by atoms with Crippen LogP contribution in [-0.4, -0.2) is 25.3 Å². The first kappa shape index (κ1) is 20.8. The number of hydrogen-bond acceptors (Lipinski definition) is 6. The van der Waals surface area contributed by atoms with E-state index in [9.17, 15) is 0 Å². The van der Waals surface area contributed by atoms with Crippen LogP contribution in [-0.2, 0) is 11.4 Å². The lowest BCUT2D eigenvalue weighted by molar-refractivity contribution is 0.125. The van der Waals surface area contributed by atoms with Crippen molar-refractivity contribution in [2.45, 2.75) is 13.5 Å². The molecular formula is C28H21N5O2. The summed E-state index contributed by atoms with van der Waals surface area (Å²) in [7, 11) is 0. The molecule has 3 heterocycles. The van der Waals surface area contributed by atoms with Crippen molar-refractivity contribution < 1.29 is 9.25 Å². The van der Waals surface area contributed by atoms with E-state index >= 15 is 0 Å². The third-order valence-electron chi connectivity index (χ3n) is 5.76. The Balaban J connectivity index is 1.43. The van der Waals surface area contributed by atoms with Gasteiger partial charge in [0.1, 0.15) is 12.1 Å². The Kier molecular flexibility index (Phi) is 5.27. The molecule has 0 fully saturated rings. The highest BCUT2D eigenvalue weighted by Gasteiger charge is 2.22. The Morgan fingerprint density at radius 3 is 2.26 bits per heavy atom. The number of nitrogens with zero attached hydrogens (tertiary/aromatic N) is 5. The van der Waals surface area contributed by atoms with Gasteiger partial charge in [-0.05, 0) is 18.1 Å². The molecule has 0 unspecified atom stereocenters. The summed E-state index contributed by atoms with van der Waals surface area (Å²) in [4.78, 5) is 14.9. The van der Waals surface area contributed by atoms with Crippen LogP contribution in [0, 0.1) is 0 Å². The van der Waals surface area contributed by atoms with Gasteiger partial charge in [-0.15, -0.1) is 5.10 Å². The van der Waals surface area contributed by atoms with Crippen molar-refractivity contribution in [2.24, 2.45) is 5.16 Å². The minimum atomic E-state index is 0.136. The maximum atomic E-state index is 6.27. The van der Waals surface area contributed by atoms with Gasteiger partial charge in [0.05, 0.1) is 11.1 Å². The van der Waals surface area contributed by atoms with Crippen LogP contribution in [0.15, 0.2) is 107 Å². The summed E-state index contributed by atoms with van der Waals surface area (Å²) in [6.07, 6.45) is 1.61. The molecule has 0 atom stereocenters. The van der Waals surface area contributed by atoms with Crippen LogP contribution in [0.1, 0.15) is 18.3 Å². The number of rotatable bonds is 6. The molecule has 35 heavy (non-hydrogen) atoms. The Hall–Kier alpha value is -4.78. The molecule has 0 N–H and O–H groups in total. The van der Waals surface area contributed by atoms with Crippen LogP contribution in [0.4, 0.5) is 0 Å². The van der Waals surface area contributed by atoms with Gasteiger partial charge in [-0.2, -0.15) is 0 Å². The molecule has 0 bridgehead atoms. The van der Waals surface area contributed by atoms with Crippen molar-refractivity contribution in [3.8, 4) is 22.5 Å². The summed E-state index contributed by atoms with van der Waals surface area (Å²) in [5, 5.41) is 9.59. The molecule has 0 spiro atoms. The zero-order valence-corrected chi connectivity index (χ0v) is 19.0. The summed E-state index contributed by atoms with van der Waals surface area (Å²) >= 11 is 0. The molecule has 0 aliphatic rings. The average Bonchev–Trinajstić information content (AvgIpc) is 3.51. The smallest absolute Gasteiger partial charge is 0.232 e. The first-order valence-corrected chi connectivity index (χ1v) is 11.3. The van der Waals surface area contributed by atoms with Crippen LogP contribution in [0.2, 0.25) is 0 Å². The van der Waals surface area contributed by atoms with E-state index in [2.05, 4.69) is 27.4 Å². The lowest BCUT2D eigenvalue weighted by Gasteiger charge is -2.03. The molecule has 0 saturated carbocycles. The zero-order valence-electron chi connectivity index (χ0n) is 19.0. The first-order valence-electron chi connectivity index (χ1n) is 11.3. The van der Waals surface area contributed by atoms with Crippen molar-refractivity contribution in [1.29, 1.82) is 0 Å². The number of benzene rings is 3. The second kappa shape index (κ2) is 8.87. The van der Waals surface area contributed by atoms with Gasteiger partial charge in [-0.1, -0.05) is 96.2 Å². The first-order chi connectivity index (χ1) is 17.3. The highest BCUT2D eigenvalue weighted by Crippen LogP contribution is 2.41. The topological polar surface area (TPSA) is 77.8 Å². The third kappa shape index (κ3) is 3.93. The Bertz CT molecular complexity index is 1640. The fourth-order valence-electron chi connectivity index (χ4n) is 4.10. The summed E-state index contributed by atoms with van der Waals surface area (Å²) in [5.74, 6) is 1.25. The third-order valence-corrected chi connectivity index (χ3v) is 5.76. The van der Waals surface area contributed by atoms with Crippen molar-refractivity contribution in [2.75, 3.05) is 0 Å². The molecule has 3 aromatic heterocycles. The highest BCUT2D eigenvalue weighted by atomic mass is 16.6. The molecule has 7 nitrogen and oxygen atoms in total. The molecule has 6 rings (SSSR count). The Morgan fingerprint density at radius 1 is 0.886 bits per heavy atom. The molecule has 0 amide bonds. The van der Waals surface area contributed by atoms with E-state index in [1.807, 2.05) is 85.8 Å². The maximum Gasteiger partial charge on any atom is 0.232 e. The molecule has 6 aromatic rings. The van der Waals surface area contributed by atoms with E-state index in [0.29, 0.717) is 17.2 Å². The molecule has 170 valence electrons. The summed E-state index contributed by atoms with van der Waals surface area (Å²) in [5.41, 5.74) is 5.87. The SMILES string of the molecule is C/C(=N/OCc1nc2c3c(-c4ccccc4)c(-c4ccccc4)oc3ncn2n1)c1ccccc1. The molecule has 7 heteroatoms. The zero-order chi connectivity index (χ0) is 23.6. The molecular weight excluding hydrogens is 438 g/mol. The quantitative estimate of drug-likeness (QED) is 0.221. The number of hydrogen-bond donors (Lipinski definition) is 0. The van der Waals surface area contributed by atoms with Crippen LogP contribution < -0.4 is 0 Å². The standard InChI is InChI=1S/C28H21N5O2/c1-19(20-11-5-2-6-12-20)32-34-17-23-30-27-25-24(21-13-7-3-8-14-21)26(22-15-9-4-10-16-22)35-28(25)29-18-33(27)31-23/h2-16,18H,17H2,1H3/b32-19-. The van der Waals surface area contributed by atoms with Crippen LogP contribution in [0.25, 0.3) is 39.2 Å². The predicted octanol–water partition coefficient (Wildman–Crippen LogP) is 6.15. The second-order valence-corrected chi connectivity index (χ2v) is 8.08. The molecule has 0 saturated heterocycles. The maximum absolute atomic E-state index is 6.27. The van der Waals surface area contributed by atoms with Gasteiger partial charge in [-0.25, -0.2) is 14.5 Å². The molecule has 0 aliphatic heterocycles. The van der Waals surface area contributed by atoms with E-state index in [0.717, 1.165) is 39.1 Å². The highest BCUT2D eigenvalue weighted by molar-refractivity contribution is 6.07. The van der Waals surface area contributed by atoms with Gasteiger partial charge < -0.3 is 9.25 Å². The second-order valence-electron chi connectivity index (χ2n) is 8.08. The molecule has 3 aromatic carbocycles. The van der Waals surface area contributed by atoms with Crippen molar-refractivity contribution in [3.05, 3.63) is 109 Å². The van der Waals surface area contributed by atoms with E-state index in [1.165, 1.54) is 0 Å². The largest absolute Gasteiger partial charge is 0.437 e. The van der Waals surface area contributed by atoms with E-state index < -0.39 is 0 Å². The lowest BCUT2D eigenvalue weighted by atomic mass is 9.99. The van der Waals surface area contributed by atoms with Crippen LogP contribution >= 0.6 is 0 Å².